The Morgan fingerprint density at radius 2 is 1.78 bits per heavy atom. The molecule has 0 N–H and O–H groups in total. The van der Waals surface area contributed by atoms with E-state index in [2.05, 4.69) is 49.6 Å². The van der Waals surface area contributed by atoms with Gasteiger partial charge in [0.25, 0.3) is 0 Å². The number of hydrogen-bond acceptors (Lipinski definition) is 0. The second-order valence-electron chi connectivity index (χ2n) is 4.83. The number of rotatable bonds is 1. The molecule has 0 amide bonds. The molecule has 0 aliphatic carbocycles. The van der Waals surface area contributed by atoms with E-state index in [0.717, 1.165) is 11.6 Å². The third-order valence-corrected chi connectivity index (χ3v) is 3.93. The molecule has 0 radical (unpaired) electrons. The van der Waals surface area contributed by atoms with Crippen LogP contribution in [0.5, 0.6) is 0 Å². The standard InChI is InChI=1S/C16H16ClN/c1-4-18-14-8-7-12(17)9-13(14)15-10(2)5-6-11(3)16(15)18/h5-9H,4H2,1-3H3. The van der Waals surface area contributed by atoms with Gasteiger partial charge in [-0.25, -0.2) is 0 Å². The quantitative estimate of drug-likeness (QED) is 0.573. The summed E-state index contributed by atoms with van der Waals surface area (Å²) in [6.45, 7) is 7.51. The van der Waals surface area contributed by atoms with Crippen LogP contribution in [-0.4, -0.2) is 4.57 Å². The van der Waals surface area contributed by atoms with E-state index in [1.54, 1.807) is 0 Å². The Balaban J connectivity index is 2.66. The van der Waals surface area contributed by atoms with Gasteiger partial charge in [-0.05, 0) is 50.1 Å². The van der Waals surface area contributed by atoms with Gasteiger partial charge < -0.3 is 4.57 Å². The van der Waals surface area contributed by atoms with E-state index in [0.29, 0.717) is 0 Å². The molecule has 0 unspecified atom stereocenters. The van der Waals surface area contributed by atoms with Crippen molar-refractivity contribution in [2.75, 3.05) is 0 Å². The Labute approximate surface area is 112 Å². The monoisotopic (exact) mass is 257 g/mol. The van der Waals surface area contributed by atoms with Gasteiger partial charge in [0.05, 0.1) is 5.52 Å². The molecule has 2 heteroatoms. The molecule has 0 fully saturated rings. The van der Waals surface area contributed by atoms with Crippen LogP contribution in [0.1, 0.15) is 18.1 Å². The molecule has 0 atom stereocenters. The fourth-order valence-corrected chi connectivity index (χ4v) is 3.05. The van der Waals surface area contributed by atoms with E-state index in [-0.39, 0.29) is 0 Å². The van der Waals surface area contributed by atoms with E-state index in [1.165, 1.54) is 32.9 Å². The van der Waals surface area contributed by atoms with Gasteiger partial charge in [-0.15, -0.1) is 0 Å². The number of nitrogens with zero attached hydrogens (tertiary/aromatic N) is 1. The van der Waals surface area contributed by atoms with Crippen LogP contribution >= 0.6 is 11.6 Å². The van der Waals surface area contributed by atoms with Crippen LogP contribution in [0.25, 0.3) is 21.8 Å². The van der Waals surface area contributed by atoms with Crippen molar-refractivity contribution in [2.45, 2.75) is 27.3 Å². The summed E-state index contributed by atoms with van der Waals surface area (Å²) in [5, 5.41) is 3.41. The average molecular weight is 258 g/mol. The molecule has 2 aromatic carbocycles. The maximum absolute atomic E-state index is 6.15. The summed E-state index contributed by atoms with van der Waals surface area (Å²) < 4.78 is 2.38. The van der Waals surface area contributed by atoms with Crippen molar-refractivity contribution in [3.63, 3.8) is 0 Å². The molecular weight excluding hydrogens is 242 g/mol. The SMILES string of the molecule is CCn1c2ccc(Cl)cc2c2c(C)ccc(C)c21. The minimum atomic E-state index is 0.804. The second-order valence-corrected chi connectivity index (χ2v) is 5.27. The fraction of sp³-hybridized carbons (Fsp3) is 0.250. The molecular formula is C16H16ClN. The summed E-state index contributed by atoms with van der Waals surface area (Å²) in [4.78, 5) is 0. The first-order valence-electron chi connectivity index (χ1n) is 6.31. The molecule has 0 saturated carbocycles. The maximum atomic E-state index is 6.15. The van der Waals surface area contributed by atoms with E-state index in [4.69, 9.17) is 11.6 Å². The van der Waals surface area contributed by atoms with Gasteiger partial charge in [0.15, 0.2) is 0 Å². The predicted octanol–water partition coefficient (Wildman–Crippen LogP) is 5.08. The molecule has 1 aromatic heterocycles. The van der Waals surface area contributed by atoms with Gasteiger partial charge in [-0.3, -0.25) is 0 Å². The molecule has 1 nitrogen and oxygen atoms in total. The summed E-state index contributed by atoms with van der Waals surface area (Å²) in [6, 6.07) is 10.6. The molecule has 18 heavy (non-hydrogen) atoms. The lowest BCUT2D eigenvalue weighted by Crippen LogP contribution is -1.94. The highest BCUT2D eigenvalue weighted by Gasteiger charge is 2.13. The Hall–Kier alpha value is -1.47. The number of halogens is 1. The molecule has 3 rings (SSSR count). The van der Waals surface area contributed by atoms with Crippen molar-refractivity contribution in [1.29, 1.82) is 0 Å². The van der Waals surface area contributed by atoms with Crippen LogP contribution in [0, 0.1) is 13.8 Å². The van der Waals surface area contributed by atoms with Crippen LogP contribution in [-0.2, 0) is 6.54 Å². The van der Waals surface area contributed by atoms with Gasteiger partial charge in [0.1, 0.15) is 0 Å². The molecule has 1 heterocycles. The first kappa shape index (κ1) is 11.6. The van der Waals surface area contributed by atoms with Gasteiger partial charge >= 0.3 is 0 Å². The van der Waals surface area contributed by atoms with Crippen molar-refractivity contribution in [1.82, 2.24) is 4.57 Å². The molecule has 0 aliphatic rings. The van der Waals surface area contributed by atoms with E-state index in [9.17, 15) is 0 Å². The summed E-state index contributed by atoms with van der Waals surface area (Å²) in [5.74, 6) is 0. The van der Waals surface area contributed by atoms with Gasteiger partial charge in [-0.1, -0.05) is 23.7 Å². The van der Waals surface area contributed by atoms with Crippen molar-refractivity contribution in [2.24, 2.45) is 0 Å². The van der Waals surface area contributed by atoms with Crippen molar-refractivity contribution in [3.8, 4) is 0 Å². The normalized spacial score (nSPS) is 11.6. The lowest BCUT2D eigenvalue weighted by atomic mass is 10.0. The van der Waals surface area contributed by atoms with Crippen LogP contribution in [0.15, 0.2) is 30.3 Å². The first-order valence-corrected chi connectivity index (χ1v) is 6.69. The van der Waals surface area contributed by atoms with E-state index in [1.807, 2.05) is 6.07 Å². The largest absolute Gasteiger partial charge is 0.341 e. The van der Waals surface area contributed by atoms with Crippen molar-refractivity contribution < 1.29 is 0 Å². The molecule has 0 aliphatic heterocycles. The lowest BCUT2D eigenvalue weighted by Gasteiger charge is -2.06. The van der Waals surface area contributed by atoms with Crippen molar-refractivity contribution >= 4 is 33.4 Å². The Bertz CT molecular complexity index is 753. The number of aromatic nitrogens is 1. The summed E-state index contributed by atoms with van der Waals surface area (Å²) in [5.41, 5.74) is 5.25. The zero-order valence-corrected chi connectivity index (χ0v) is 11.7. The number of fused-ring (bicyclic) bond motifs is 3. The smallest absolute Gasteiger partial charge is 0.0523 e. The fourth-order valence-electron chi connectivity index (χ4n) is 2.88. The summed E-state index contributed by atoms with van der Waals surface area (Å²) in [6.07, 6.45) is 0. The topological polar surface area (TPSA) is 4.93 Å². The Morgan fingerprint density at radius 3 is 2.50 bits per heavy atom. The molecule has 0 spiro atoms. The minimum Gasteiger partial charge on any atom is -0.341 e. The van der Waals surface area contributed by atoms with E-state index < -0.39 is 0 Å². The Morgan fingerprint density at radius 1 is 1.06 bits per heavy atom. The molecule has 92 valence electrons. The zero-order valence-electron chi connectivity index (χ0n) is 10.9. The predicted molar refractivity (Wildman–Crippen MR) is 79.6 cm³/mol. The zero-order chi connectivity index (χ0) is 12.9. The third-order valence-electron chi connectivity index (χ3n) is 3.69. The molecule has 3 aromatic rings. The van der Waals surface area contributed by atoms with Crippen LogP contribution in [0.4, 0.5) is 0 Å². The Kier molecular flexibility index (Phi) is 2.60. The number of benzene rings is 2. The third kappa shape index (κ3) is 1.47. The van der Waals surface area contributed by atoms with E-state index >= 15 is 0 Å². The average Bonchev–Trinajstić information content (AvgIpc) is 2.68. The maximum Gasteiger partial charge on any atom is 0.0523 e. The minimum absolute atomic E-state index is 0.804. The second kappa shape index (κ2) is 4.03. The van der Waals surface area contributed by atoms with Crippen LogP contribution in [0.3, 0.4) is 0 Å². The highest BCUT2D eigenvalue weighted by atomic mass is 35.5. The van der Waals surface area contributed by atoms with Crippen LogP contribution < -0.4 is 0 Å². The number of aryl methyl sites for hydroxylation is 3. The van der Waals surface area contributed by atoms with Gasteiger partial charge in [0, 0.05) is 27.9 Å². The molecule has 0 saturated heterocycles. The molecule has 0 bridgehead atoms. The summed E-state index contributed by atoms with van der Waals surface area (Å²) >= 11 is 6.15. The van der Waals surface area contributed by atoms with Gasteiger partial charge in [-0.2, -0.15) is 0 Å². The highest BCUT2D eigenvalue weighted by Crippen LogP contribution is 2.34. The summed E-state index contributed by atoms with van der Waals surface area (Å²) in [7, 11) is 0. The highest BCUT2D eigenvalue weighted by molar-refractivity contribution is 6.32. The van der Waals surface area contributed by atoms with Crippen molar-refractivity contribution in [3.05, 3.63) is 46.5 Å². The number of hydrogen-bond donors (Lipinski definition) is 0. The first-order chi connectivity index (χ1) is 8.63. The van der Waals surface area contributed by atoms with Crippen LogP contribution in [0.2, 0.25) is 5.02 Å². The lowest BCUT2D eigenvalue weighted by molar-refractivity contribution is 0.824. The van der Waals surface area contributed by atoms with Gasteiger partial charge in [0.2, 0.25) is 0 Å².